The second-order valence-electron chi connectivity index (χ2n) is 8.43. The molecule has 0 radical (unpaired) electrons. The van der Waals surface area contributed by atoms with Gasteiger partial charge in [-0.2, -0.15) is 0 Å². The second kappa shape index (κ2) is 10.5. The van der Waals surface area contributed by atoms with Crippen LogP contribution in [-0.4, -0.2) is 54.9 Å². The first-order chi connectivity index (χ1) is 14.5. The maximum atomic E-state index is 12.2. The summed E-state index contributed by atoms with van der Waals surface area (Å²) in [5.41, 5.74) is 2.07. The molecule has 2 N–H and O–H groups in total. The zero-order chi connectivity index (χ0) is 21.5. The summed E-state index contributed by atoms with van der Waals surface area (Å²) in [5, 5.41) is 6.77. The van der Waals surface area contributed by atoms with E-state index in [0.29, 0.717) is 13.0 Å². The lowest BCUT2D eigenvalue weighted by Gasteiger charge is -2.26. The van der Waals surface area contributed by atoms with E-state index >= 15 is 0 Å². The third-order valence-electron chi connectivity index (χ3n) is 5.67. The Labute approximate surface area is 179 Å². The van der Waals surface area contributed by atoms with Crippen molar-refractivity contribution in [3.05, 3.63) is 29.8 Å². The van der Waals surface area contributed by atoms with Crippen LogP contribution in [0.5, 0.6) is 0 Å². The summed E-state index contributed by atoms with van der Waals surface area (Å²) < 4.78 is 0. The average molecular weight is 414 g/mol. The summed E-state index contributed by atoms with van der Waals surface area (Å²) in [5.74, 6) is 1.24. The Balaban J connectivity index is 1.57. The number of hydrogen-bond donors (Lipinski definition) is 2. The highest BCUT2D eigenvalue weighted by Crippen LogP contribution is 2.21. The van der Waals surface area contributed by atoms with Gasteiger partial charge in [-0.3, -0.25) is 9.59 Å². The van der Waals surface area contributed by atoms with Crippen molar-refractivity contribution in [1.82, 2.24) is 15.5 Å². The van der Waals surface area contributed by atoms with Gasteiger partial charge in [-0.05, 0) is 43.9 Å². The van der Waals surface area contributed by atoms with E-state index in [1.54, 1.807) is 0 Å². The van der Waals surface area contributed by atoms with Crippen molar-refractivity contribution in [2.75, 3.05) is 31.1 Å². The fourth-order valence-electron chi connectivity index (χ4n) is 3.99. The van der Waals surface area contributed by atoms with Crippen LogP contribution < -0.4 is 15.5 Å². The number of nitrogens with one attached hydrogen (secondary N) is 2. The fraction of sp³-hybridized carbons (Fsp3) is 0.609. The average Bonchev–Trinajstić information content (AvgIpc) is 3.21. The van der Waals surface area contributed by atoms with E-state index in [1.807, 2.05) is 54.8 Å². The quantitative estimate of drug-likeness (QED) is 0.555. The zero-order valence-electron chi connectivity index (χ0n) is 18.5. The first-order valence-corrected chi connectivity index (χ1v) is 11.2. The molecule has 1 atom stereocenters. The van der Waals surface area contributed by atoms with Crippen LogP contribution in [0.4, 0.5) is 5.69 Å². The molecule has 0 bridgehead atoms. The molecule has 1 unspecified atom stereocenters. The van der Waals surface area contributed by atoms with Gasteiger partial charge in [-0.25, -0.2) is 4.99 Å². The fourth-order valence-corrected chi connectivity index (χ4v) is 3.99. The van der Waals surface area contributed by atoms with Crippen LogP contribution in [0.1, 0.15) is 52.0 Å². The maximum absolute atomic E-state index is 12.2. The summed E-state index contributed by atoms with van der Waals surface area (Å²) in [4.78, 5) is 32.8. The number of rotatable bonds is 6. The molecule has 30 heavy (non-hydrogen) atoms. The van der Waals surface area contributed by atoms with E-state index in [1.165, 1.54) is 0 Å². The molecule has 0 saturated carbocycles. The molecule has 7 heteroatoms. The number of amides is 2. The van der Waals surface area contributed by atoms with Crippen LogP contribution in [0.15, 0.2) is 29.3 Å². The predicted molar refractivity (Wildman–Crippen MR) is 120 cm³/mol. The molecule has 0 aromatic heterocycles. The minimum Gasteiger partial charge on any atom is -0.357 e. The number of hydrogen-bond acceptors (Lipinski definition) is 3. The maximum Gasteiger partial charge on any atom is 0.226 e. The Kier molecular flexibility index (Phi) is 7.71. The molecule has 2 aliphatic heterocycles. The zero-order valence-corrected chi connectivity index (χ0v) is 18.5. The van der Waals surface area contributed by atoms with E-state index in [9.17, 15) is 9.59 Å². The van der Waals surface area contributed by atoms with E-state index in [-0.39, 0.29) is 23.8 Å². The van der Waals surface area contributed by atoms with Crippen LogP contribution in [-0.2, 0) is 16.1 Å². The van der Waals surface area contributed by atoms with Gasteiger partial charge in [0.1, 0.15) is 0 Å². The van der Waals surface area contributed by atoms with Crippen LogP contribution in [0.25, 0.3) is 0 Å². The summed E-state index contributed by atoms with van der Waals surface area (Å²) in [6, 6.07) is 8.34. The van der Waals surface area contributed by atoms with E-state index in [0.717, 1.165) is 62.7 Å². The van der Waals surface area contributed by atoms with Gasteiger partial charge in [0, 0.05) is 50.2 Å². The number of nitrogens with zero attached hydrogens (tertiary/aromatic N) is 3. The topological polar surface area (TPSA) is 77.0 Å². The standard InChI is InChI=1S/C23H35N5O2/c1-4-24-23(26-19-12-14-27(16-19)22(30)17(2)3)25-15-18-8-10-20(11-9-18)28-13-6-5-7-21(28)29/h8-11,17,19H,4-7,12-16H2,1-3H3,(H2,24,25,26). The largest absolute Gasteiger partial charge is 0.357 e. The molecule has 3 rings (SSSR count). The molecule has 0 spiro atoms. The summed E-state index contributed by atoms with van der Waals surface area (Å²) in [6.45, 7) is 9.61. The van der Waals surface area contributed by atoms with Crippen molar-refractivity contribution < 1.29 is 9.59 Å². The number of anilines is 1. The molecule has 2 fully saturated rings. The lowest BCUT2D eigenvalue weighted by Crippen LogP contribution is -2.45. The van der Waals surface area contributed by atoms with E-state index < -0.39 is 0 Å². The Morgan fingerprint density at radius 1 is 1.20 bits per heavy atom. The molecule has 1 aromatic rings. The number of guanidine groups is 1. The van der Waals surface area contributed by atoms with Gasteiger partial charge in [0.05, 0.1) is 6.54 Å². The Morgan fingerprint density at radius 2 is 1.97 bits per heavy atom. The molecule has 7 nitrogen and oxygen atoms in total. The molecule has 164 valence electrons. The van der Waals surface area contributed by atoms with Crippen molar-refractivity contribution >= 4 is 23.5 Å². The molecule has 0 aliphatic carbocycles. The molecule has 2 heterocycles. The van der Waals surface area contributed by atoms with Gasteiger partial charge in [-0.1, -0.05) is 26.0 Å². The predicted octanol–water partition coefficient (Wildman–Crippen LogP) is 2.52. The highest BCUT2D eigenvalue weighted by Gasteiger charge is 2.28. The highest BCUT2D eigenvalue weighted by atomic mass is 16.2. The Morgan fingerprint density at radius 3 is 2.63 bits per heavy atom. The van der Waals surface area contributed by atoms with Crippen molar-refractivity contribution in [3.8, 4) is 0 Å². The third kappa shape index (κ3) is 5.74. The van der Waals surface area contributed by atoms with Crippen LogP contribution in [0.2, 0.25) is 0 Å². The Hall–Kier alpha value is -2.57. The second-order valence-corrected chi connectivity index (χ2v) is 8.43. The number of aliphatic imine (C=N–C) groups is 1. The number of carbonyl (C=O) groups excluding carboxylic acids is 2. The molecular weight excluding hydrogens is 378 g/mol. The van der Waals surface area contributed by atoms with Crippen LogP contribution in [0.3, 0.4) is 0 Å². The van der Waals surface area contributed by atoms with E-state index in [2.05, 4.69) is 10.6 Å². The molecule has 2 amide bonds. The first-order valence-electron chi connectivity index (χ1n) is 11.2. The van der Waals surface area contributed by atoms with Crippen molar-refractivity contribution in [1.29, 1.82) is 0 Å². The van der Waals surface area contributed by atoms with Crippen molar-refractivity contribution in [2.24, 2.45) is 10.9 Å². The van der Waals surface area contributed by atoms with Gasteiger partial charge >= 0.3 is 0 Å². The molecule has 2 saturated heterocycles. The van der Waals surface area contributed by atoms with Crippen molar-refractivity contribution in [3.63, 3.8) is 0 Å². The third-order valence-corrected chi connectivity index (χ3v) is 5.67. The minimum absolute atomic E-state index is 0.0360. The number of likely N-dealkylation sites (tertiary alicyclic amines) is 1. The number of carbonyl (C=O) groups is 2. The van der Waals surface area contributed by atoms with Gasteiger partial charge in [0.15, 0.2) is 5.96 Å². The lowest BCUT2D eigenvalue weighted by molar-refractivity contribution is -0.133. The first kappa shape index (κ1) is 22.1. The number of piperidine rings is 1. The molecule has 1 aromatic carbocycles. The number of benzene rings is 1. The monoisotopic (exact) mass is 413 g/mol. The Bertz CT molecular complexity index is 759. The summed E-state index contributed by atoms with van der Waals surface area (Å²) in [6.07, 6.45) is 3.64. The smallest absolute Gasteiger partial charge is 0.226 e. The molecular formula is C23H35N5O2. The van der Waals surface area contributed by atoms with Gasteiger partial charge in [0.2, 0.25) is 11.8 Å². The summed E-state index contributed by atoms with van der Waals surface area (Å²) in [7, 11) is 0. The SMILES string of the molecule is CCNC(=NCc1ccc(N2CCCCC2=O)cc1)NC1CCN(C(=O)C(C)C)C1. The molecule has 2 aliphatic rings. The van der Waals surface area contributed by atoms with Crippen molar-refractivity contribution in [2.45, 2.75) is 59.0 Å². The lowest BCUT2D eigenvalue weighted by atomic mass is 10.1. The van der Waals surface area contributed by atoms with Gasteiger partial charge in [0.25, 0.3) is 0 Å². The van der Waals surface area contributed by atoms with E-state index in [4.69, 9.17) is 4.99 Å². The summed E-state index contributed by atoms with van der Waals surface area (Å²) >= 11 is 0. The normalized spacial score (nSPS) is 20.1. The minimum atomic E-state index is 0.0360. The van der Waals surface area contributed by atoms with Gasteiger partial charge < -0.3 is 20.4 Å². The van der Waals surface area contributed by atoms with Crippen LogP contribution in [0, 0.1) is 5.92 Å². The van der Waals surface area contributed by atoms with Gasteiger partial charge in [-0.15, -0.1) is 0 Å². The highest BCUT2D eigenvalue weighted by molar-refractivity contribution is 5.94. The van der Waals surface area contributed by atoms with Crippen LogP contribution >= 0.6 is 0 Å².